The van der Waals surface area contributed by atoms with Crippen LogP contribution in [-0.2, 0) is 4.74 Å². The molecule has 2 aliphatic rings. The fraction of sp³-hybridized carbons (Fsp3) is 0.692. The van der Waals surface area contributed by atoms with Crippen molar-refractivity contribution in [1.82, 2.24) is 9.78 Å². The molecule has 1 aromatic heterocycles. The monoisotopic (exact) mass is 250 g/mol. The molecule has 1 unspecified atom stereocenters. The number of hydrogen-bond acceptors (Lipinski definition) is 4. The van der Waals surface area contributed by atoms with E-state index in [1.165, 1.54) is 19.3 Å². The Hall–Kier alpha value is -1.36. The Morgan fingerprint density at radius 2 is 2.11 bits per heavy atom. The lowest BCUT2D eigenvalue weighted by atomic mass is 9.96. The van der Waals surface area contributed by atoms with Crippen LogP contribution in [0.3, 0.4) is 0 Å². The first-order valence-electron chi connectivity index (χ1n) is 6.67. The third kappa shape index (κ3) is 2.72. The van der Waals surface area contributed by atoms with E-state index in [0.717, 1.165) is 19.4 Å². The third-order valence-corrected chi connectivity index (χ3v) is 3.54. The average Bonchev–Trinajstić information content (AvgIpc) is 3.23. The van der Waals surface area contributed by atoms with Crippen molar-refractivity contribution in [3.63, 3.8) is 0 Å². The van der Waals surface area contributed by atoms with Crippen LogP contribution in [-0.4, -0.2) is 29.1 Å². The zero-order chi connectivity index (χ0) is 12.4. The Bertz CT molecular complexity index is 462. The first-order valence-corrected chi connectivity index (χ1v) is 6.67. The third-order valence-electron chi connectivity index (χ3n) is 3.54. The largest absolute Gasteiger partial charge is 0.474 e. The molecule has 0 bridgehead atoms. The second kappa shape index (κ2) is 5.10. The Balaban J connectivity index is 1.73. The molecule has 18 heavy (non-hydrogen) atoms. The van der Waals surface area contributed by atoms with Crippen LogP contribution in [0.5, 0.6) is 5.88 Å². The first-order chi connectivity index (χ1) is 8.83. The van der Waals surface area contributed by atoms with Gasteiger partial charge in [-0.25, -0.2) is 4.68 Å². The van der Waals surface area contributed by atoms with Crippen molar-refractivity contribution in [2.24, 2.45) is 0 Å². The number of ether oxygens (including phenoxy) is 2. The molecule has 5 nitrogen and oxygen atoms in total. The Morgan fingerprint density at radius 1 is 1.33 bits per heavy atom. The van der Waals surface area contributed by atoms with E-state index in [1.54, 1.807) is 16.8 Å². The topological polar surface area (TPSA) is 56.6 Å². The van der Waals surface area contributed by atoms with Gasteiger partial charge in [0, 0.05) is 12.1 Å². The summed E-state index contributed by atoms with van der Waals surface area (Å²) in [5, 5.41) is 4.32. The molecule has 0 aromatic carbocycles. The van der Waals surface area contributed by atoms with Gasteiger partial charge in [0.25, 0.3) is 5.56 Å². The van der Waals surface area contributed by atoms with Crippen molar-refractivity contribution in [2.45, 2.75) is 44.2 Å². The summed E-state index contributed by atoms with van der Waals surface area (Å²) in [6, 6.07) is 3.43. The molecule has 0 spiro atoms. The van der Waals surface area contributed by atoms with Gasteiger partial charge >= 0.3 is 0 Å². The molecule has 0 N–H and O–H groups in total. The second-order valence-electron chi connectivity index (χ2n) is 5.01. The molecule has 3 rings (SSSR count). The smallest absolute Gasteiger partial charge is 0.267 e. The SMILES string of the molecule is O=c1ccc(OCC2CO2)nn1C1CCCCC1. The van der Waals surface area contributed by atoms with E-state index >= 15 is 0 Å². The highest BCUT2D eigenvalue weighted by atomic mass is 16.6. The number of rotatable bonds is 4. The van der Waals surface area contributed by atoms with E-state index < -0.39 is 0 Å². The normalized spacial score (nSPS) is 23.9. The zero-order valence-corrected chi connectivity index (χ0v) is 10.4. The lowest BCUT2D eigenvalue weighted by molar-refractivity contribution is 0.239. The van der Waals surface area contributed by atoms with Gasteiger partial charge in [0.15, 0.2) is 0 Å². The van der Waals surface area contributed by atoms with Crippen LogP contribution in [0.1, 0.15) is 38.1 Å². The Kier molecular flexibility index (Phi) is 3.32. The molecule has 2 fully saturated rings. The summed E-state index contributed by atoms with van der Waals surface area (Å²) >= 11 is 0. The molecular formula is C13H18N2O3. The maximum Gasteiger partial charge on any atom is 0.267 e. The number of aromatic nitrogens is 2. The minimum absolute atomic E-state index is 0.0306. The molecule has 1 aliphatic carbocycles. The van der Waals surface area contributed by atoms with Gasteiger partial charge in [0.05, 0.1) is 12.6 Å². The van der Waals surface area contributed by atoms with Gasteiger partial charge in [-0.15, -0.1) is 5.10 Å². The van der Waals surface area contributed by atoms with E-state index in [-0.39, 0.29) is 17.7 Å². The van der Waals surface area contributed by atoms with Crippen molar-refractivity contribution < 1.29 is 9.47 Å². The zero-order valence-electron chi connectivity index (χ0n) is 10.4. The summed E-state index contributed by atoms with van der Waals surface area (Å²) in [6.45, 7) is 1.29. The summed E-state index contributed by atoms with van der Waals surface area (Å²) in [6.07, 6.45) is 5.92. The van der Waals surface area contributed by atoms with Crippen molar-refractivity contribution in [3.8, 4) is 5.88 Å². The second-order valence-corrected chi connectivity index (χ2v) is 5.01. The summed E-state index contributed by atoms with van der Waals surface area (Å²) < 4.78 is 12.2. The van der Waals surface area contributed by atoms with Gasteiger partial charge in [-0.1, -0.05) is 19.3 Å². The van der Waals surface area contributed by atoms with E-state index in [0.29, 0.717) is 12.5 Å². The molecule has 1 saturated carbocycles. The van der Waals surface area contributed by atoms with E-state index in [9.17, 15) is 4.79 Å². The Labute approximate surface area is 106 Å². The molecule has 5 heteroatoms. The molecular weight excluding hydrogens is 232 g/mol. The fourth-order valence-corrected chi connectivity index (χ4v) is 2.41. The van der Waals surface area contributed by atoms with Crippen molar-refractivity contribution in [1.29, 1.82) is 0 Å². The highest BCUT2D eigenvalue weighted by Gasteiger charge is 2.24. The summed E-state index contributed by atoms with van der Waals surface area (Å²) in [5.41, 5.74) is -0.0306. The highest BCUT2D eigenvalue weighted by Crippen LogP contribution is 2.26. The van der Waals surface area contributed by atoms with Crippen LogP contribution in [0.4, 0.5) is 0 Å². The van der Waals surface area contributed by atoms with E-state index in [4.69, 9.17) is 9.47 Å². The average molecular weight is 250 g/mol. The number of hydrogen-bond donors (Lipinski definition) is 0. The summed E-state index contributed by atoms with van der Waals surface area (Å²) in [5.74, 6) is 0.524. The lowest BCUT2D eigenvalue weighted by Gasteiger charge is -2.22. The predicted octanol–water partition coefficient (Wildman–Crippen LogP) is 1.53. The van der Waals surface area contributed by atoms with Crippen LogP contribution in [0.2, 0.25) is 0 Å². The van der Waals surface area contributed by atoms with Gasteiger partial charge in [-0.3, -0.25) is 4.79 Å². The fourth-order valence-electron chi connectivity index (χ4n) is 2.41. The van der Waals surface area contributed by atoms with Crippen molar-refractivity contribution in [2.75, 3.05) is 13.2 Å². The van der Waals surface area contributed by atoms with Crippen LogP contribution in [0, 0.1) is 0 Å². The van der Waals surface area contributed by atoms with Gasteiger partial charge in [0.2, 0.25) is 5.88 Å². The van der Waals surface area contributed by atoms with Crippen molar-refractivity contribution in [3.05, 3.63) is 22.5 Å². The van der Waals surface area contributed by atoms with Gasteiger partial charge in [-0.05, 0) is 12.8 Å². The van der Waals surface area contributed by atoms with Crippen LogP contribution in [0.25, 0.3) is 0 Å². The van der Waals surface area contributed by atoms with Crippen LogP contribution in [0.15, 0.2) is 16.9 Å². The van der Waals surface area contributed by atoms with Gasteiger partial charge < -0.3 is 9.47 Å². The maximum absolute atomic E-state index is 11.8. The summed E-state index contributed by atoms with van der Waals surface area (Å²) in [4.78, 5) is 11.8. The standard InChI is InChI=1S/C13H18N2O3/c16-13-7-6-12(18-9-11-8-17-11)14-15(13)10-4-2-1-3-5-10/h6-7,10-11H,1-5,8-9H2. The van der Waals surface area contributed by atoms with E-state index in [2.05, 4.69) is 5.10 Å². The lowest BCUT2D eigenvalue weighted by Crippen LogP contribution is -2.28. The minimum Gasteiger partial charge on any atom is -0.474 e. The highest BCUT2D eigenvalue weighted by molar-refractivity contribution is 5.07. The van der Waals surface area contributed by atoms with Crippen LogP contribution < -0.4 is 10.3 Å². The molecule has 0 amide bonds. The maximum atomic E-state index is 11.8. The number of epoxide rings is 1. The quantitative estimate of drug-likeness (QED) is 0.760. The predicted molar refractivity (Wildman–Crippen MR) is 65.9 cm³/mol. The molecule has 1 saturated heterocycles. The molecule has 0 radical (unpaired) electrons. The molecule has 98 valence electrons. The molecule has 1 aromatic rings. The molecule has 1 atom stereocenters. The number of nitrogens with zero attached hydrogens (tertiary/aromatic N) is 2. The minimum atomic E-state index is -0.0306. The van der Waals surface area contributed by atoms with Crippen LogP contribution >= 0.6 is 0 Å². The first kappa shape index (κ1) is 11.7. The molecule has 1 aliphatic heterocycles. The Morgan fingerprint density at radius 3 is 2.83 bits per heavy atom. The van der Waals surface area contributed by atoms with Gasteiger partial charge in [0.1, 0.15) is 12.7 Å². The van der Waals surface area contributed by atoms with Gasteiger partial charge in [-0.2, -0.15) is 0 Å². The summed E-state index contributed by atoms with van der Waals surface area (Å²) in [7, 11) is 0. The van der Waals surface area contributed by atoms with E-state index in [1.807, 2.05) is 0 Å². The van der Waals surface area contributed by atoms with Crippen molar-refractivity contribution >= 4 is 0 Å². The molecule has 2 heterocycles.